The fourth-order valence-electron chi connectivity index (χ4n) is 2.39. The number of benzene rings is 3. The van der Waals surface area contributed by atoms with Crippen molar-refractivity contribution >= 4 is 27.8 Å². The van der Waals surface area contributed by atoms with Gasteiger partial charge in [0.1, 0.15) is 12.4 Å². The average molecular weight is 393 g/mol. The topological polar surface area (TPSA) is 26.3 Å². The lowest BCUT2D eigenvalue weighted by Crippen LogP contribution is -2.01. The molecule has 3 aromatic rings. The maximum Gasteiger partial charge on any atom is 0.193 e. The Balaban J connectivity index is 1.64. The van der Waals surface area contributed by atoms with Gasteiger partial charge in [0.05, 0.1) is 0 Å². The summed E-state index contributed by atoms with van der Waals surface area (Å²) < 4.78 is 6.73. The van der Waals surface area contributed by atoms with E-state index in [1.54, 1.807) is 12.1 Å². The van der Waals surface area contributed by atoms with Crippen LogP contribution in [0.1, 0.15) is 27.0 Å². The minimum atomic E-state index is -0.000867. The Labute approximate surface area is 155 Å². The summed E-state index contributed by atoms with van der Waals surface area (Å²) in [7, 11) is 0. The van der Waals surface area contributed by atoms with Gasteiger partial charge in [0.15, 0.2) is 5.78 Å². The molecule has 3 rings (SSSR count). The summed E-state index contributed by atoms with van der Waals surface area (Å²) in [5.41, 5.74) is 3.48. The van der Waals surface area contributed by atoms with Crippen LogP contribution in [0.2, 0.25) is 0 Å². The van der Waals surface area contributed by atoms with E-state index in [9.17, 15) is 4.79 Å². The number of hydrogen-bond acceptors (Lipinski definition) is 2. The SMILES string of the molecule is C=Cc1ccc(COc2ccc(C(=O)c3ccc(Br)cc3)cc2)cc1. The zero-order valence-corrected chi connectivity index (χ0v) is 15.2. The van der Waals surface area contributed by atoms with Crippen molar-refractivity contribution in [2.45, 2.75) is 6.61 Å². The van der Waals surface area contributed by atoms with Crippen LogP contribution < -0.4 is 4.74 Å². The monoisotopic (exact) mass is 392 g/mol. The third-order valence-electron chi connectivity index (χ3n) is 3.84. The Morgan fingerprint density at radius 1 is 0.880 bits per heavy atom. The van der Waals surface area contributed by atoms with E-state index in [1.165, 1.54) is 0 Å². The molecule has 0 heterocycles. The minimum Gasteiger partial charge on any atom is -0.489 e. The second-order valence-electron chi connectivity index (χ2n) is 5.59. The number of ether oxygens (including phenoxy) is 1. The van der Waals surface area contributed by atoms with Gasteiger partial charge in [0, 0.05) is 15.6 Å². The van der Waals surface area contributed by atoms with Crippen molar-refractivity contribution in [3.05, 3.63) is 106 Å². The Morgan fingerprint density at radius 3 is 2.00 bits per heavy atom. The predicted octanol–water partition coefficient (Wildman–Crippen LogP) is 5.90. The molecule has 3 heteroatoms. The van der Waals surface area contributed by atoms with Gasteiger partial charge in [-0.25, -0.2) is 0 Å². The lowest BCUT2D eigenvalue weighted by Gasteiger charge is -2.08. The van der Waals surface area contributed by atoms with Crippen LogP contribution in [0, 0.1) is 0 Å². The summed E-state index contributed by atoms with van der Waals surface area (Å²) in [6, 6.07) is 22.6. The highest BCUT2D eigenvalue weighted by molar-refractivity contribution is 9.10. The van der Waals surface area contributed by atoms with E-state index >= 15 is 0 Å². The molecular weight excluding hydrogens is 376 g/mol. The maximum absolute atomic E-state index is 12.4. The lowest BCUT2D eigenvalue weighted by molar-refractivity contribution is 0.103. The molecule has 0 unspecified atom stereocenters. The number of ketones is 1. The standard InChI is InChI=1S/C22H17BrO2/c1-2-16-3-5-17(6-4-16)15-25-21-13-9-19(10-14-21)22(24)18-7-11-20(23)12-8-18/h2-14H,1,15H2. The van der Waals surface area contributed by atoms with Crippen LogP contribution in [-0.2, 0) is 6.61 Å². The predicted molar refractivity (Wildman–Crippen MR) is 105 cm³/mol. The molecule has 0 aliphatic carbocycles. The van der Waals surface area contributed by atoms with Crippen LogP contribution in [0.15, 0.2) is 83.8 Å². The lowest BCUT2D eigenvalue weighted by atomic mass is 10.0. The first kappa shape index (κ1) is 17.2. The van der Waals surface area contributed by atoms with Crippen LogP contribution in [0.3, 0.4) is 0 Å². The normalized spacial score (nSPS) is 10.3. The van der Waals surface area contributed by atoms with Gasteiger partial charge in [-0.05, 0) is 59.7 Å². The minimum absolute atomic E-state index is 0.000867. The maximum atomic E-state index is 12.4. The average Bonchev–Trinajstić information content (AvgIpc) is 2.67. The number of carbonyl (C=O) groups is 1. The van der Waals surface area contributed by atoms with E-state index in [0.29, 0.717) is 17.7 Å². The Hall–Kier alpha value is -2.65. The fraction of sp³-hybridized carbons (Fsp3) is 0.0455. The van der Waals surface area contributed by atoms with Gasteiger partial charge >= 0.3 is 0 Å². The van der Waals surface area contributed by atoms with E-state index < -0.39 is 0 Å². The van der Waals surface area contributed by atoms with Gasteiger partial charge in [-0.2, -0.15) is 0 Å². The molecule has 0 spiro atoms. The van der Waals surface area contributed by atoms with Gasteiger partial charge in [-0.1, -0.05) is 52.9 Å². The van der Waals surface area contributed by atoms with Gasteiger partial charge in [-0.3, -0.25) is 4.79 Å². The summed E-state index contributed by atoms with van der Waals surface area (Å²) in [5.74, 6) is 0.735. The molecular formula is C22H17BrO2. The molecule has 0 radical (unpaired) electrons. The molecule has 0 atom stereocenters. The van der Waals surface area contributed by atoms with Crippen molar-refractivity contribution < 1.29 is 9.53 Å². The molecule has 0 fully saturated rings. The van der Waals surface area contributed by atoms with E-state index in [4.69, 9.17) is 4.74 Å². The van der Waals surface area contributed by atoms with Gasteiger partial charge in [0.25, 0.3) is 0 Å². The Kier molecular flexibility index (Phi) is 5.46. The molecule has 25 heavy (non-hydrogen) atoms. The summed E-state index contributed by atoms with van der Waals surface area (Å²) >= 11 is 3.37. The van der Waals surface area contributed by atoms with Crippen molar-refractivity contribution in [3.63, 3.8) is 0 Å². The molecule has 0 saturated carbocycles. The molecule has 0 amide bonds. The van der Waals surface area contributed by atoms with E-state index in [1.807, 2.05) is 66.7 Å². The van der Waals surface area contributed by atoms with Crippen molar-refractivity contribution in [2.24, 2.45) is 0 Å². The first-order valence-electron chi connectivity index (χ1n) is 7.90. The van der Waals surface area contributed by atoms with Crippen LogP contribution in [0.5, 0.6) is 5.75 Å². The third-order valence-corrected chi connectivity index (χ3v) is 4.37. The second kappa shape index (κ2) is 7.95. The van der Waals surface area contributed by atoms with Gasteiger partial charge in [0.2, 0.25) is 0 Å². The summed E-state index contributed by atoms with van der Waals surface area (Å²) in [6.45, 7) is 4.23. The molecule has 3 aromatic carbocycles. The van der Waals surface area contributed by atoms with Crippen LogP contribution in [0.4, 0.5) is 0 Å². The van der Waals surface area contributed by atoms with E-state index in [0.717, 1.165) is 21.3 Å². The number of carbonyl (C=O) groups excluding carboxylic acids is 1. The highest BCUT2D eigenvalue weighted by atomic mass is 79.9. The number of hydrogen-bond donors (Lipinski definition) is 0. The van der Waals surface area contributed by atoms with Crippen molar-refractivity contribution in [3.8, 4) is 5.75 Å². The third kappa shape index (κ3) is 4.46. The Bertz CT molecular complexity index is 863. The molecule has 0 aliphatic heterocycles. The number of halogens is 1. The van der Waals surface area contributed by atoms with Crippen LogP contribution >= 0.6 is 15.9 Å². The first-order chi connectivity index (χ1) is 12.2. The van der Waals surface area contributed by atoms with Crippen LogP contribution in [0.25, 0.3) is 6.08 Å². The molecule has 0 N–H and O–H groups in total. The number of rotatable bonds is 6. The zero-order valence-electron chi connectivity index (χ0n) is 13.6. The van der Waals surface area contributed by atoms with E-state index in [-0.39, 0.29) is 5.78 Å². The summed E-state index contributed by atoms with van der Waals surface area (Å²) in [6.07, 6.45) is 1.81. The van der Waals surface area contributed by atoms with Crippen molar-refractivity contribution in [1.82, 2.24) is 0 Å². The fourth-order valence-corrected chi connectivity index (χ4v) is 2.65. The molecule has 2 nitrogen and oxygen atoms in total. The molecule has 124 valence electrons. The molecule has 0 saturated heterocycles. The highest BCUT2D eigenvalue weighted by Crippen LogP contribution is 2.18. The Morgan fingerprint density at radius 2 is 1.44 bits per heavy atom. The summed E-state index contributed by atoms with van der Waals surface area (Å²) in [5, 5.41) is 0. The molecule has 0 bridgehead atoms. The summed E-state index contributed by atoms with van der Waals surface area (Å²) in [4.78, 5) is 12.4. The first-order valence-corrected chi connectivity index (χ1v) is 8.69. The van der Waals surface area contributed by atoms with Crippen LogP contribution in [-0.4, -0.2) is 5.78 Å². The zero-order chi connectivity index (χ0) is 17.6. The second-order valence-corrected chi connectivity index (χ2v) is 6.51. The quantitative estimate of drug-likeness (QED) is 0.488. The van der Waals surface area contributed by atoms with E-state index in [2.05, 4.69) is 22.5 Å². The molecule has 0 aromatic heterocycles. The van der Waals surface area contributed by atoms with Crippen molar-refractivity contribution in [2.75, 3.05) is 0 Å². The molecule has 0 aliphatic rings. The van der Waals surface area contributed by atoms with Crippen molar-refractivity contribution in [1.29, 1.82) is 0 Å². The smallest absolute Gasteiger partial charge is 0.193 e. The van der Waals surface area contributed by atoms with Gasteiger partial charge in [-0.15, -0.1) is 0 Å². The van der Waals surface area contributed by atoms with Gasteiger partial charge < -0.3 is 4.74 Å². The largest absolute Gasteiger partial charge is 0.489 e. The highest BCUT2D eigenvalue weighted by Gasteiger charge is 2.09.